The Kier molecular flexibility index (Phi) is 6.16. The number of aromatic hydroxyl groups is 1. The van der Waals surface area contributed by atoms with Crippen LogP contribution in [0.15, 0.2) is 59.7 Å². The van der Waals surface area contributed by atoms with Crippen molar-refractivity contribution in [1.82, 2.24) is 29.4 Å². The average molecular weight is 548 g/mol. The summed E-state index contributed by atoms with van der Waals surface area (Å²) in [4.78, 5) is 14.6. The average Bonchev–Trinajstić information content (AvgIpc) is 3.46. The predicted octanol–water partition coefficient (Wildman–Crippen LogP) is 4.09. The molecular weight excluding hydrogens is 521 g/mol. The first-order valence-corrected chi connectivity index (χ1v) is 13.0. The zero-order valence-electron chi connectivity index (χ0n) is 21.7. The van der Waals surface area contributed by atoms with Gasteiger partial charge < -0.3 is 19.9 Å². The van der Waals surface area contributed by atoms with Gasteiger partial charge >= 0.3 is 5.69 Å². The quantitative estimate of drug-likeness (QED) is 0.352. The molecule has 200 valence electrons. The summed E-state index contributed by atoms with van der Waals surface area (Å²) < 4.78 is 19.6. The van der Waals surface area contributed by atoms with Crippen LogP contribution in [0.5, 0.6) is 5.75 Å². The Morgan fingerprint density at radius 1 is 1.05 bits per heavy atom. The van der Waals surface area contributed by atoms with Crippen molar-refractivity contribution in [3.63, 3.8) is 0 Å². The Labute approximate surface area is 228 Å². The van der Waals surface area contributed by atoms with Gasteiger partial charge in [-0.2, -0.15) is 0 Å². The van der Waals surface area contributed by atoms with Crippen LogP contribution < -0.4 is 15.9 Å². The number of aryl methyl sites for hydroxylation is 2. The van der Waals surface area contributed by atoms with Gasteiger partial charge in [-0.25, -0.2) is 13.9 Å². The van der Waals surface area contributed by atoms with Crippen LogP contribution in [-0.4, -0.2) is 54.9 Å². The van der Waals surface area contributed by atoms with Crippen molar-refractivity contribution < 1.29 is 9.50 Å². The van der Waals surface area contributed by atoms with E-state index in [-0.39, 0.29) is 11.4 Å². The van der Waals surface area contributed by atoms with Crippen molar-refractivity contribution in [2.75, 3.05) is 24.5 Å². The lowest BCUT2D eigenvalue weighted by Crippen LogP contribution is -2.49. The van der Waals surface area contributed by atoms with Gasteiger partial charge in [0.2, 0.25) is 0 Å². The molecule has 5 aromatic rings. The van der Waals surface area contributed by atoms with E-state index in [1.807, 2.05) is 19.2 Å². The normalized spacial score (nSPS) is 15.8. The number of imidazole rings is 1. The highest BCUT2D eigenvalue weighted by Crippen LogP contribution is 2.42. The van der Waals surface area contributed by atoms with Crippen molar-refractivity contribution >= 4 is 28.3 Å². The van der Waals surface area contributed by atoms with E-state index in [4.69, 9.17) is 11.6 Å². The van der Waals surface area contributed by atoms with Gasteiger partial charge in [0.25, 0.3) is 0 Å². The fraction of sp³-hybridized carbons (Fsp3) is 0.250. The number of hydrogen-bond acceptors (Lipinski definition) is 6. The van der Waals surface area contributed by atoms with Crippen molar-refractivity contribution in [3.8, 4) is 33.7 Å². The summed E-state index contributed by atoms with van der Waals surface area (Å²) in [6.45, 7) is 4.52. The number of fused-ring (bicyclic) bond motifs is 1. The van der Waals surface area contributed by atoms with Gasteiger partial charge in [0.05, 0.1) is 21.9 Å². The molecule has 3 aromatic carbocycles. The standard InChI is InChI=1S/C28H27ClFN7O2/c1-16-15-36(7-6-31-16)25-12-18(11-24-26(25)32-33-35(24)3)21-14-19(30)13-20(27(21)38)17-4-5-23(22(29)10-17)37-9-8-34(2)28(37)39/h4-5,8-14,16,31,38H,6-7,15H2,1-3H3/t16-/m1/s1. The van der Waals surface area contributed by atoms with Gasteiger partial charge in [0, 0.05) is 63.3 Å². The molecule has 1 fully saturated rings. The summed E-state index contributed by atoms with van der Waals surface area (Å²) in [5.41, 5.74) is 4.47. The van der Waals surface area contributed by atoms with E-state index >= 15 is 4.39 Å². The number of anilines is 1. The van der Waals surface area contributed by atoms with Gasteiger partial charge in [-0.05, 0) is 54.4 Å². The lowest BCUT2D eigenvalue weighted by atomic mass is 9.95. The maximum atomic E-state index is 15.1. The number of nitrogens with one attached hydrogen (secondary N) is 1. The minimum Gasteiger partial charge on any atom is -0.507 e. The molecule has 9 nitrogen and oxygen atoms in total. The van der Waals surface area contributed by atoms with E-state index in [2.05, 4.69) is 27.5 Å². The Balaban J connectivity index is 1.48. The Morgan fingerprint density at radius 2 is 1.82 bits per heavy atom. The number of piperazine rings is 1. The molecule has 0 spiro atoms. The molecule has 1 aliphatic heterocycles. The monoisotopic (exact) mass is 547 g/mol. The van der Waals surface area contributed by atoms with Crippen LogP contribution >= 0.6 is 11.6 Å². The molecule has 0 unspecified atom stereocenters. The highest BCUT2D eigenvalue weighted by molar-refractivity contribution is 6.32. The van der Waals surface area contributed by atoms with E-state index in [0.717, 1.165) is 36.4 Å². The third kappa shape index (κ3) is 4.35. The Morgan fingerprint density at radius 3 is 2.51 bits per heavy atom. The molecular formula is C28H27ClFN7O2. The van der Waals surface area contributed by atoms with Crippen LogP contribution in [0.25, 0.3) is 39.0 Å². The molecule has 0 aliphatic carbocycles. The fourth-order valence-corrected chi connectivity index (χ4v) is 5.49. The second-order valence-electron chi connectivity index (χ2n) is 9.95. The number of phenolic OH excluding ortho intramolecular Hbond substituents is 1. The summed E-state index contributed by atoms with van der Waals surface area (Å²) in [7, 11) is 3.46. The summed E-state index contributed by atoms with van der Waals surface area (Å²) in [6, 6.07) is 11.7. The molecule has 0 radical (unpaired) electrons. The predicted molar refractivity (Wildman–Crippen MR) is 150 cm³/mol. The maximum Gasteiger partial charge on any atom is 0.332 e. The lowest BCUT2D eigenvalue weighted by Gasteiger charge is -2.34. The van der Waals surface area contributed by atoms with Gasteiger partial charge in [-0.3, -0.25) is 4.57 Å². The molecule has 0 bridgehead atoms. The second kappa shape index (κ2) is 9.55. The number of nitrogens with zero attached hydrogens (tertiary/aromatic N) is 6. The summed E-state index contributed by atoms with van der Waals surface area (Å²) in [5.74, 6) is -0.580. The molecule has 11 heteroatoms. The lowest BCUT2D eigenvalue weighted by molar-refractivity contribution is 0.477. The van der Waals surface area contributed by atoms with E-state index in [9.17, 15) is 9.90 Å². The zero-order valence-corrected chi connectivity index (χ0v) is 22.4. The van der Waals surface area contributed by atoms with E-state index < -0.39 is 5.82 Å². The maximum absolute atomic E-state index is 15.1. The molecule has 1 saturated heterocycles. The summed E-state index contributed by atoms with van der Waals surface area (Å²) in [5, 5.41) is 23.8. The van der Waals surface area contributed by atoms with Gasteiger partial charge in [0.1, 0.15) is 17.1 Å². The van der Waals surface area contributed by atoms with Crippen LogP contribution in [0.1, 0.15) is 6.92 Å². The number of rotatable bonds is 4. The van der Waals surface area contributed by atoms with Crippen LogP contribution in [0, 0.1) is 5.82 Å². The molecule has 2 aromatic heterocycles. The minimum atomic E-state index is -0.502. The van der Waals surface area contributed by atoms with Crippen molar-refractivity contribution in [3.05, 3.63) is 76.2 Å². The zero-order chi connectivity index (χ0) is 27.4. The van der Waals surface area contributed by atoms with Gasteiger partial charge in [0.15, 0.2) is 0 Å². The van der Waals surface area contributed by atoms with Crippen molar-refractivity contribution in [1.29, 1.82) is 0 Å². The Bertz CT molecular complexity index is 1790. The fourth-order valence-electron chi connectivity index (χ4n) is 5.22. The largest absolute Gasteiger partial charge is 0.507 e. The first kappa shape index (κ1) is 25.1. The van der Waals surface area contributed by atoms with E-state index in [1.165, 1.54) is 21.3 Å². The van der Waals surface area contributed by atoms with Crippen molar-refractivity contribution in [2.45, 2.75) is 13.0 Å². The topological polar surface area (TPSA) is 93.1 Å². The highest BCUT2D eigenvalue weighted by atomic mass is 35.5. The van der Waals surface area contributed by atoms with Crippen LogP contribution in [-0.2, 0) is 14.1 Å². The SMILES string of the molecule is C[C@@H]1CN(c2cc(-c3cc(F)cc(-c4ccc(-n5ccn(C)c5=O)c(Cl)c4)c3O)cc3c2nnn3C)CCN1. The first-order valence-electron chi connectivity index (χ1n) is 12.6. The van der Waals surface area contributed by atoms with Crippen LogP contribution in [0.3, 0.4) is 0 Å². The summed E-state index contributed by atoms with van der Waals surface area (Å²) >= 11 is 6.56. The molecule has 1 atom stereocenters. The number of hydrogen-bond donors (Lipinski definition) is 2. The third-order valence-corrected chi connectivity index (χ3v) is 7.56. The molecule has 1 aliphatic rings. The molecule has 6 rings (SSSR count). The Hall–Kier alpha value is -4.15. The molecule has 3 heterocycles. The van der Waals surface area contributed by atoms with Crippen LogP contribution in [0.4, 0.5) is 10.1 Å². The first-order chi connectivity index (χ1) is 18.7. The van der Waals surface area contributed by atoms with E-state index in [0.29, 0.717) is 39.0 Å². The molecule has 2 N–H and O–H groups in total. The molecule has 39 heavy (non-hydrogen) atoms. The number of phenols is 1. The van der Waals surface area contributed by atoms with Gasteiger partial charge in [-0.1, -0.05) is 22.9 Å². The summed E-state index contributed by atoms with van der Waals surface area (Å²) in [6.07, 6.45) is 3.27. The molecule has 0 saturated carbocycles. The number of aromatic nitrogens is 5. The third-order valence-electron chi connectivity index (χ3n) is 7.26. The smallest absolute Gasteiger partial charge is 0.332 e. The van der Waals surface area contributed by atoms with Gasteiger partial charge in [-0.15, -0.1) is 5.10 Å². The van der Waals surface area contributed by atoms with E-state index in [1.54, 1.807) is 42.3 Å². The second-order valence-corrected chi connectivity index (χ2v) is 10.4. The minimum absolute atomic E-state index is 0.0776. The van der Waals surface area contributed by atoms with Crippen molar-refractivity contribution in [2.24, 2.45) is 14.1 Å². The highest BCUT2D eigenvalue weighted by Gasteiger charge is 2.23. The number of benzene rings is 3. The van der Waals surface area contributed by atoms with Crippen LogP contribution in [0.2, 0.25) is 5.02 Å². The number of halogens is 2. The molecule has 0 amide bonds.